The average Bonchev–Trinajstić information content (AvgIpc) is 2.78. The van der Waals surface area contributed by atoms with Crippen LogP contribution in [0.25, 0.3) is 0 Å². The van der Waals surface area contributed by atoms with Gasteiger partial charge in [0.05, 0.1) is 12.2 Å². The molecule has 2 atom stereocenters. The Bertz CT molecular complexity index is 924. The third kappa shape index (κ3) is 7.40. The standard InChI is InChI=1S/C27H44N4O4/c1-18(2)7-10-28-26(33)23-16-29(13-19(3)4)17-24(25(23)32)27(34)30-11-8-22(9-12-30)31-14-20(5)35-21(6)15-31/h16-22H,7-15H2,1-6H3,(H,28,33)/t20-,21+. The predicted octanol–water partition coefficient (Wildman–Crippen LogP) is 2.99. The third-order valence-electron chi connectivity index (χ3n) is 6.85. The van der Waals surface area contributed by atoms with Gasteiger partial charge < -0.3 is 19.5 Å². The van der Waals surface area contributed by atoms with Crippen molar-refractivity contribution in [1.82, 2.24) is 19.7 Å². The van der Waals surface area contributed by atoms with E-state index in [1.165, 1.54) is 0 Å². The molecule has 1 aromatic rings. The van der Waals surface area contributed by atoms with E-state index < -0.39 is 11.3 Å². The van der Waals surface area contributed by atoms with Crippen molar-refractivity contribution in [1.29, 1.82) is 0 Å². The number of aromatic nitrogens is 1. The molecule has 2 aliphatic heterocycles. The van der Waals surface area contributed by atoms with Gasteiger partial charge in [-0.1, -0.05) is 27.7 Å². The largest absolute Gasteiger partial charge is 0.373 e. The van der Waals surface area contributed by atoms with Crippen LogP contribution in [0, 0.1) is 11.8 Å². The summed E-state index contributed by atoms with van der Waals surface area (Å²) in [5.74, 6) is 0.0857. The zero-order valence-corrected chi connectivity index (χ0v) is 22.4. The number of likely N-dealkylation sites (tertiary alicyclic amines) is 1. The second-order valence-corrected chi connectivity index (χ2v) is 11.2. The molecule has 8 heteroatoms. The van der Waals surface area contributed by atoms with E-state index in [2.05, 4.69) is 51.8 Å². The van der Waals surface area contributed by atoms with Gasteiger partial charge in [0.25, 0.3) is 11.8 Å². The molecule has 2 saturated heterocycles. The molecule has 196 valence electrons. The van der Waals surface area contributed by atoms with Gasteiger partial charge >= 0.3 is 0 Å². The Morgan fingerprint density at radius 2 is 1.60 bits per heavy atom. The number of pyridine rings is 1. The highest BCUT2D eigenvalue weighted by Crippen LogP contribution is 2.22. The molecule has 2 amide bonds. The number of carbonyl (C=O) groups excluding carboxylic acids is 2. The average molecular weight is 489 g/mol. The number of amides is 2. The van der Waals surface area contributed by atoms with Crippen molar-refractivity contribution >= 4 is 11.8 Å². The fraction of sp³-hybridized carbons (Fsp3) is 0.741. The van der Waals surface area contributed by atoms with Gasteiger partial charge in [-0.25, -0.2) is 0 Å². The second kappa shape index (κ2) is 12.2. The second-order valence-electron chi connectivity index (χ2n) is 11.2. The highest BCUT2D eigenvalue weighted by Gasteiger charge is 2.32. The molecule has 2 aliphatic rings. The maximum absolute atomic E-state index is 13.5. The smallest absolute Gasteiger partial charge is 0.259 e. The Hall–Kier alpha value is -2.19. The van der Waals surface area contributed by atoms with Crippen molar-refractivity contribution in [3.63, 3.8) is 0 Å². The lowest BCUT2D eigenvalue weighted by Gasteiger charge is -2.43. The minimum atomic E-state index is -0.477. The van der Waals surface area contributed by atoms with Crippen LogP contribution in [-0.4, -0.2) is 77.2 Å². The lowest BCUT2D eigenvalue weighted by molar-refractivity contribution is -0.0856. The number of carbonyl (C=O) groups is 2. The molecule has 0 bridgehead atoms. The zero-order chi connectivity index (χ0) is 25.7. The van der Waals surface area contributed by atoms with Crippen LogP contribution in [0.2, 0.25) is 0 Å². The number of morpholine rings is 1. The molecular weight excluding hydrogens is 444 g/mol. The Morgan fingerprint density at radius 3 is 2.17 bits per heavy atom. The molecule has 2 fully saturated rings. The molecule has 8 nitrogen and oxygen atoms in total. The highest BCUT2D eigenvalue weighted by molar-refractivity contribution is 5.99. The minimum Gasteiger partial charge on any atom is -0.373 e. The van der Waals surface area contributed by atoms with Crippen LogP contribution >= 0.6 is 0 Å². The van der Waals surface area contributed by atoms with Crippen LogP contribution in [0.5, 0.6) is 0 Å². The summed E-state index contributed by atoms with van der Waals surface area (Å²) in [6.45, 7) is 16.7. The summed E-state index contributed by atoms with van der Waals surface area (Å²) in [6, 6.07) is 0.420. The molecule has 1 N–H and O–H groups in total. The molecule has 0 radical (unpaired) electrons. The third-order valence-corrected chi connectivity index (χ3v) is 6.85. The first-order valence-electron chi connectivity index (χ1n) is 13.3. The van der Waals surface area contributed by atoms with Gasteiger partial charge in [-0.2, -0.15) is 0 Å². The van der Waals surface area contributed by atoms with Crippen LogP contribution in [0.1, 0.15) is 81.5 Å². The highest BCUT2D eigenvalue weighted by atomic mass is 16.5. The van der Waals surface area contributed by atoms with E-state index in [1.807, 2.05) is 4.57 Å². The van der Waals surface area contributed by atoms with Crippen molar-refractivity contribution in [2.24, 2.45) is 11.8 Å². The summed E-state index contributed by atoms with van der Waals surface area (Å²) in [5.41, 5.74) is -0.337. The van der Waals surface area contributed by atoms with Crippen LogP contribution in [0.4, 0.5) is 0 Å². The quantitative estimate of drug-likeness (QED) is 0.608. The Balaban J connectivity index is 1.74. The zero-order valence-electron chi connectivity index (χ0n) is 22.4. The van der Waals surface area contributed by atoms with Crippen LogP contribution in [0.15, 0.2) is 17.2 Å². The van der Waals surface area contributed by atoms with Crippen molar-refractivity contribution in [2.45, 2.75) is 85.6 Å². The molecule has 0 unspecified atom stereocenters. The molecular formula is C27H44N4O4. The lowest BCUT2D eigenvalue weighted by atomic mass is 10.00. The lowest BCUT2D eigenvalue weighted by Crippen LogP contribution is -2.54. The fourth-order valence-corrected chi connectivity index (χ4v) is 5.16. The molecule has 3 heterocycles. The van der Waals surface area contributed by atoms with Gasteiger partial charge in [0.2, 0.25) is 5.43 Å². The topological polar surface area (TPSA) is 83.9 Å². The molecule has 3 rings (SSSR count). The van der Waals surface area contributed by atoms with Gasteiger partial charge in [-0.05, 0) is 44.9 Å². The number of ether oxygens (including phenoxy) is 1. The Kier molecular flexibility index (Phi) is 9.53. The van der Waals surface area contributed by atoms with Crippen molar-refractivity contribution in [2.75, 3.05) is 32.7 Å². The van der Waals surface area contributed by atoms with E-state index in [-0.39, 0.29) is 29.2 Å². The van der Waals surface area contributed by atoms with Crippen molar-refractivity contribution < 1.29 is 14.3 Å². The van der Waals surface area contributed by atoms with E-state index in [0.29, 0.717) is 44.1 Å². The maximum Gasteiger partial charge on any atom is 0.259 e. The minimum absolute atomic E-state index is 0.0476. The Morgan fingerprint density at radius 1 is 1.00 bits per heavy atom. The van der Waals surface area contributed by atoms with Gasteiger partial charge in [0, 0.05) is 57.7 Å². The van der Waals surface area contributed by atoms with Gasteiger partial charge in [0.1, 0.15) is 11.1 Å². The molecule has 1 aromatic heterocycles. The molecule has 35 heavy (non-hydrogen) atoms. The van der Waals surface area contributed by atoms with E-state index in [4.69, 9.17) is 4.74 Å². The predicted molar refractivity (Wildman–Crippen MR) is 138 cm³/mol. The molecule has 0 saturated carbocycles. The van der Waals surface area contributed by atoms with E-state index in [0.717, 1.165) is 32.4 Å². The van der Waals surface area contributed by atoms with Crippen molar-refractivity contribution in [3.05, 3.63) is 33.7 Å². The summed E-state index contributed by atoms with van der Waals surface area (Å²) in [7, 11) is 0. The fourth-order valence-electron chi connectivity index (χ4n) is 5.16. The van der Waals surface area contributed by atoms with E-state index in [1.54, 1.807) is 17.3 Å². The summed E-state index contributed by atoms with van der Waals surface area (Å²) in [5, 5.41) is 2.85. The van der Waals surface area contributed by atoms with E-state index in [9.17, 15) is 14.4 Å². The first kappa shape index (κ1) is 27.4. The SMILES string of the molecule is CC(C)CCNC(=O)c1cn(CC(C)C)cc(C(=O)N2CCC(N3C[C@@H](C)O[C@@H](C)C3)CC2)c1=O. The summed E-state index contributed by atoms with van der Waals surface area (Å²) < 4.78 is 7.69. The monoisotopic (exact) mass is 488 g/mol. The number of rotatable bonds is 8. The van der Waals surface area contributed by atoms with Gasteiger partial charge in [-0.3, -0.25) is 19.3 Å². The molecule has 0 spiro atoms. The summed E-state index contributed by atoms with van der Waals surface area (Å²) >= 11 is 0. The molecule has 0 aliphatic carbocycles. The van der Waals surface area contributed by atoms with Crippen LogP contribution in [0.3, 0.4) is 0 Å². The first-order valence-corrected chi connectivity index (χ1v) is 13.3. The summed E-state index contributed by atoms with van der Waals surface area (Å²) in [4.78, 5) is 43.8. The maximum atomic E-state index is 13.5. The number of piperidine rings is 1. The van der Waals surface area contributed by atoms with Gasteiger partial charge in [0.15, 0.2) is 0 Å². The number of nitrogens with zero attached hydrogens (tertiary/aromatic N) is 3. The number of hydrogen-bond donors (Lipinski definition) is 1. The van der Waals surface area contributed by atoms with Crippen LogP contribution < -0.4 is 10.7 Å². The van der Waals surface area contributed by atoms with E-state index >= 15 is 0 Å². The summed E-state index contributed by atoms with van der Waals surface area (Å²) in [6.07, 6.45) is 6.24. The normalized spacial score (nSPS) is 22.1. The van der Waals surface area contributed by atoms with Gasteiger partial charge in [-0.15, -0.1) is 0 Å². The first-order chi connectivity index (χ1) is 16.5. The van der Waals surface area contributed by atoms with Crippen LogP contribution in [-0.2, 0) is 11.3 Å². The number of hydrogen-bond acceptors (Lipinski definition) is 5. The van der Waals surface area contributed by atoms with Crippen molar-refractivity contribution in [3.8, 4) is 0 Å². The Labute approximate surface area is 210 Å². The molecule has 0 aromatic carbocycles. The number of nitrogens with one attached hydrogen (secondary N) is 1.